The Kier molecular flexibility index (Phi) is 4.48. The van der Waals surface area contributed by atoms with Crippen molar-refractivity contribution in [2.24, 2.45) is 0 Å². The Morgan fingerprint density at radius 2 is 1.73 bits per heavy atom. The van der Waals surface area contributed by atoms with E-state index >= 15 is 0 Å². The lowest BCUT2D eigenvalue weighted by Gasteiger charge is -2.35. The number of piperazine rings is 1. The fourth-order valence-corrected chi connectivity index (χ4v) is 2.61. The number of hydrogen-bond donors (Lipinski definition) is 0. The Morgan fingerprint density at radius 3 is 2.41 bits per heavy atom. The van der Waals surface area contributed by atoms with E-state index in [2.05, 4.69) is 36.9 Å². The van der Waals surface area contributed by atoms with Gasteiger partial charge in [0.25, 0.3) is 0 Å². The van der Waals surface area contributed by atoms with Crippen molar-refractivity contribution in [2.75, 3.05) is 50.1 Å². The Labute approximate surface area is 131 Å². The van der Waals surface area contributed by atoms with Crippen LogP contribution in [-0.4, -0.2) is 60.1 Å². The maximum Gasteiger partial charge on any atom is 0.226 e. The minimum Gasteiger partial charge on any atom is -0.354 e. The maximum absolute atomic E-state index is 4.62. The quantitative estimate of drug-likeness (QED) is 0.847. The van der Waals surface area contributed by atoms with E-state index in [1.165, 1.54) is 5.56 Å². The number of anilines is 2. The number of nitrogens with zero attached hydrogens (tertiary/aromatic N) is 6. The van der Waals surface area contributed by atoms with E-state index in [0.29, 0.717) is 0 Å². The van der Waals surface area contributed by atoms with Crippen molar-refractivity contribution in [3.05, 3.63) is 42.4 Å². The van der Waals surface area contributed by atoms with Crippen LogP contribution in [0.4, 0.5) is 11.8 Å². The van der Waals surface area contributed by atoms with E-state index in [-0.39, 0.29) is 0 Å². The third-order valence-corrected chi connectivity index (χ3v) is 3.88. The highest BCUT2D eigenvalue weighted by atomic mass is 15.3. The minimum absolute atomic E-state index is 0.761. The van der Waals surface area contributed by atoms with E-state index in [9.17, 15) is 0 Å². The largest absolute Gasteiger partial charge is 0.354 e. The highest BCUT2D eigenvalue weighted by Crippen LogP contribution is 2.16. The molecular weight excluding hydrogens is 276 g/mol. The molecule has 22 heavy (non-hydrogen) atoms. The zero-order valence-electron chi connectivity index (χ0n) is 13.2. The lowest BCUT2D eigenvalue weighted by molar-refractivity contribution is 0.249. The van der Waals surface area contributed by atoms with Crippen molar-refractivity contribution in [3.8, 4) is 0 Å². The molecule has 1 saturated heterocycles. The molecule has 0 aliphatic carbocycles. The molecule has 0 atom stereocenters. The molecule has 0 bridgehead atoms. The van der Waals surface area contributed by atoms with Crippen molar-refractivity contribution < 1.29 is 0 Å². The maximum atomic E-state index is 4.62. The zero-order chi connectivity index (χ0) is 15.4. The van der Waals surface area contributed by atoms with Crippen LogP contribution in [0, 0.1) is 0 Å². The second kappa shape index (κ2) is 6.70. The van der Waals surface area contributed by atoms with Gasteiger partial charge in [-0.2, -0.15) is 4.98 Å². The van der Waals surface area contributed by atoms with E-state index in [0.717, 1.165) is 44.5 Å². The van der Waals surface area contributed by atoms with Gasteiger partial charge in [-0.1, -0.05) is 0 Å². The molecule has 2 aromatic heterocycles. The van der Waals surface area contributed by atoms with Crippen LogP contribution in [0.15, 0.2) is 36.8 Å². The summed E-state index contributed by atoms with van der Waals surface area (Å²) in [6.45, 7) is 5.07. The molecule has 1 fully saturated rings. The molecule has 2 aromatic rings. The van der Waals surface area contributed by atoms with Gasteiger partial charge in [0.1, 0.15) is 5.82 Å². The standard InChI is InChI=1S/C16H22N6/c1-20(2)16-18-8-5-15(19-16)22-11-9-21(10-12-22)13-14-3-6-17-7-4-14/h3-8H,9-13H2,1-2H3. The molecular formula is C16H22N6. The molecule has 116 valence electrons. The fourth-order valence-electron chi connectivity index (χ4n) is 2.61. The summed E-state index contributed by atoms with van der Waals surface area (Å²) in [7, 11) is 3.93. The summed E-state index contributed by atoms with van der Waals surface area (Å²) in [4.78, 5) is 19.7. The SMILES string of the molecule is CN(C)c1nccc(N2CCN(Cc3ccncc3)CC2)n1. The van der Waals surface area contributed by atoms with E-state index in [1.807, 2.05) is 43.7 Å². The molecule has 3 rings (SSSR count). The lowest BCUT2D eigenvalue weighted by atomic mass is 10.2. The van der Waals surface area contributed by atoms with Crippen LogP contribution in [0.5, 0.6) is 0 Å². The van der Waals surface area contributed by atoms with Crippen LogP contribution in [0.3, 0.4) is 0 Å². The molecule has 0 saturated carbocycles. The van der Waals surface area contributed by atoms with Gasteiger partial charge in [0.05, 0.1) is 0 Å². The number of rotatable bonds is 4. The molecule has 0 spiro atoms. The summed E-state index contributed by atoms with van der Waals surface area (Å²) in [6, 6.07) is 6.16. The first-order valence-corrected chi connectivity index (χ1v) is 7.59. The molecule has 0 aromatic carbocycles. The Bertz CT molecular complexity index is 593. The van der Waals surface area contributed by atoms with Gasteiger partial charge in [-0.15, -0.1) is 0 Å². The van der Waals surface area contributed by atoms with Crippen molar-refractivity contribution >= 4 is 11.8 Å². The Hall–Kier alpha value is -2.21. The molecule has 0 unspecified atom stereocenters. The number of aromatic nitrogens is 3. The minimum atomic E-state index is 0.761. The Balaban J connectivity index is 1.58. The summed E-state index contributed by atoms with van der Waals surface area (Å²) in [6.07, 6.45) is 5.55. The van der Waals surface area contributed by atoms with Gasteiger partial charge in [0.2, 0.25) is 5.95 Å². The summed E-state index contributed by atoms with van der Waals surface area (Å²) < 4.78 is 0. The van der Waals surface area contributed by atoms with Gasteiger partial charge in [0, 0.05) is 65.4 Å². The smallest absolute Gasteiger partial charge is 0.226 e. The van der Waals surface area contributed by atoms with Gasteiger partial charge in [0.15, 0.2) is 0 Å². The molecule has 6 heteroatoms. The summed E-state index contributed by atoms with van der Waals surface area (Å²) in [5.74, 6) is 1.78. The van der Waals surface area contributed by atoms with Crippen LogP contribution in [0.1, 0.15) is 5.56 Å². The normalized spacial score (nSPS) is 15.8. The molecule has 1 aliphatic rings. The second-order valence-electron chi connectivity index (χ2n) is 5.73. The van der Waals surface area contributed by atoms with Gasteiger partial charge < -0.3 is 9.80 Å². The highest BCUT2D eigenvalue weighted by molar-refractivity contribution is 5.43. The average Bonchev–Trinajstić information content (AvgIpc) is 2.56. The fraction of sp³-hybridized carbons (Fsp3) is 0.438. The summed E-state index contributed by atoms with van der Waals surface area (Å²) >= 11 is 0. The molecule has 1 aliphatic heterocycles. The zero-order valence-corrected chi connectivity index (χ0v) is 13.2. The van der Waals surface area contributed by atoms with Gasteiger partial charge in [-0.05, 0) is 23.8 Å². The molecule has 3 heterocycles. The van der Waals surface area contributed by atoms with Crippen LogP contribution in [-0.2, 0) is 6.54 Å². The van der Waals surface area contributed by atoms with Crippen LogP contribution < -0.4 is 9.80 Å². The van der Waals surface area contributed by atoms with E-state index in [1.54, 1.807) is 0 Å². The van der Waals surface area contributed by atoms with Crippen LogP contribution in [0.2, 0.25) is 0 Å². The number of hydrogen-bond acceptors (Lipinski definition) is 6. The first-order chi connectivity index (χ1) is 10.7. The summed E-state index contributed by atoms with van der Waals surface area (Å²) in [5, 5.41) is 0. The third kappa shape index (κ3) is 3.51. The molecule has 0 amide bonds. The van der Waals surface area contributed by atoms with Crippen LogP contribution in [0.25, 0.3) is 0 Å². The first-order valence-electron chi connectivity index (χ1n) is 7.59. The average molecular weight is 298 g/mol. The van der Waals surface area contributed by atoms with Gasteiger partial charge >= 0.3 is 0 Å². The van der Waals surface area contributed by atoms with Crippen molar-refractivity contribution in [3.63, 3.8) is 0 Å². The van der Waals surface area contributed by atoms with Crippen LogP contribution >= 0.6 is 0 Å². The van der Waals surface area contributed by atoms with Gasteiger partial charge in [-0.25, -0.2) is 4.98 Å². The predicted molar refractivity (Wildman–Crippen MR) is 88.1 cm³/mol. The summed E-state index contributed by atoms with van der Waals surface area (Å²) in [5.41, 5.74) is 1.32. The molecule has 0 radical (unpaired) electrons. The number of pyridine rings is 1. The monoisotopic (exact) mass is 298 g/mol. The van der Waals surface area contributed by atoms with Crippen molar-refractivity contribution in [2.45, 2.75) is 6.54 Å². The van der Waals surface area contributed by atoms with Crippen molar-refractivity contribution in [1.82, 2.24) is 19.9 Å². The van der Waals surface area contributed by atoms with E-state index in [4.69, 9.17) is 0 Å². The van der Waals surface area contributed by atoms with E-state index < -0.39 is 0 Å². The lowest BCUT2D eigenvalue weighted by Crippen LogP contribution is -2.46. The topological polar surface area (TPSA) is 48.4 Å². The third-order valence-electron chi connectivity index (χ3n) is 3.88. The van der Waals surface area contributed by atoms with Gasteiger partial charge in [-0.3, -0.25) is 9.88 Å². The molecule has 6 nitrogen and oxygen atoms in total. The second-order valence-corrected chi connectivity index (χ2v) is 5.73. The first kappa shape index (κ1) is 14.7. The highest BCUT2D eigenvalue weighted by Gasteiger charge is 2.18. The predicted octanol–water partition coefficient (Wildman–Crippen LogP) is 1.26. The van der Waals surface area contributed by atoms with Crippen molar-refractivity contribution in [1.29, 1.82) is 0 Å². The Morgan fingerprint density at radius 1 is 1.00 bits per heavy atom. The molecule has 0 N–H and O–H groups in total.